The molecule has 1 amide bonds. The van der Waals surface area contributed by atoms with Crippen molar-refractivity contribution in [2.45, 2.75) is 38.0 Å². The van der Waals surface area contributed by atoms with Gasteiger partial charge in [-0.1, -0.05) is 6.07 Å². The summed E-state index contributed by atoms with van der Waals surface area (Å²) in [6, 6.07) is 8.08. The number of carbonyl (C=O) groups is 1. The Hall–Kier alpha value is -3.86. The van der Waals surface area contributed by atoms with E-state index in [1.807, 2.05) is 36.0 Å². The third-order valence-corrected chi connectivity index (χ3v) is 8.12. The van der Waals surface area contributed by atoms with Gasteiger partial charge in [0.1, 0.15) is 11.5 Å². The number of aliphatic hydroxyl groups is 1. The number of amides is 1. The van der Waals surface area contributed by atoms with Crippen molar-refractivity contribution >= 4 is 28.4 Å². The van der Waals surface area contributed by atoms with Crippen LogP contribution in [-0.2, 0) is 24.9 Å². The Balaban J connectivity index is 1.25. The molecule has 200 valence electrons. The number of aliphatic hydroxyl groups excluding tert-OH is 1. The Labute approximate surface area is 226 Å². The molecular weight excluding hydrogens is 494 g/mol. The summed E-state index contributed by atoms with van der Waals surface area (Å²) in [5, 5.41) is 17.4. The minimum Gasteiger partial charge on any atom is -0.392 e. The number of hydrogen-bond acceptors (Lipinski definition) is 8. The lowest BCUT2D eigenvalue weighted by Crippen LogP contribution is -2.23. The van der Waals surface area contributed by atoms with Crippen molar-refractivity contribution in [3.05, 3.63) is 65.2 Å². The topological polar surface area (TPSA) is 117 Å². The summed E-state index contributed by atoms with van der Waals surface area (Å²) < 4.78 is 7.64. The molecular formula is C29H31N7O3. The fraction of sp³-hybridized carbons (Fsp3) is 0.379. The van der Waals surface area contributed by atoms with Crippen LogP contribution in [-0.4, -0.2) is 67.8 Å². The fourth-order valence-electron chi connectivity index (χ4n) is 6.10. The molecule has 2 saturated heterocycles. The highest BCUT2D eigenvalue weighted by Gasteiger charge is 2.29. The molecule has 4 aromatic heterocycles. The normalized spacial score (nSPS) is 21.0. The van der Waals surface area contributed by atoms with E-state index in [1.165, 1.54) is 5.56 Å². The zero-order valence-corrected chi connectivity index (χ0v) is 21.9. The molecule has 3 N–H and O–H groups in total. The number of β-amino-alcohol motifs (C(OH)–C–C–N with tert-alkyl or cyclic N) is 1. The number of nitrogens with zero attached hydrogens (tertiary/aromatic N) is 5. The van der Waals surface area contributed by atoms with Gasteiger partial charge < -0.3 is 25.0 Å². The molecule has 0 bridgehead atoms. The van der Waals surface area contributed by atoms with Crippen LogP contribution in [0, 0.1) is 0 Å². The molecule has 2 fully saturated rings. The number of anilines is 2. The van der Waals surface area contributed by atoms with Crippen LogP contribution >= 0.6 is 0 Å². The van der Waals surface area contributed by atoms with Crippen LogP contribution in [0.4, 0.5) is 11.5 Å². The van der Waals surface area contributed by atoms with Crippen molar-refractivity contribution in [3.8, 4) is 11.3 Å². The average Bonchev–Trinajstić information content (AvgIpc) is 3.74. The lowest BCUT2D eigenvalue weighted by Gasteiger charge is -2.20. The highest BCUT2D eigenvalue weighted by molar-refractivity contribution is 6.06. The van der Waals surface area contributed by atoms with Gasteiger partial charge in [-0.05, 0) is 36.6 Å². The molecule has 4 aromatic rings. The Kier molecular flexibility index (Phi) is 6.03. The van der Waals surface area contributed by atoms with Crippen LogP contribution in [0.1, 0.15) is 45.9 Å². The van der Waals surface area contributed by atoms with Crippen LogP contribution in [0.5, 0.6) is 0 Å². The predicted octanol–water partition coefficient (Wildman–Crippen LogP) is 3.09. The summed E-state index contributed by atoms with van der Waals surface area (Å²) in [6.07, 6.45) is 6.97. The van der Waals surface area contributed by atoms with E-state index in [1.54, 1.807) is 12.4 Å². The first kappa shape index (κ1) is 24.2. The molecule has 3 aliphatic heterocycles. The number of nitrogens with one attached hydrogen (secondary N) is 2. The standard InChI is InChI=1S/C29H31N7O3/c1-35-9-6-21-20(4-8-30-28(21)35)27-22-12-32-29(38)26(22)23(13-31-27)33-25-3-2-19(17-7-11-39-16-17)24(34-25)15-36-10-5-18(37)14-36/h2-4,6,8-9,13,17-18,37H,5,7,10-12,14-16H2,1H3,(H,32,38)(H,33,34)/t17-,18+/m0/s1. The number of carbonyl (C=O) groups excluding carboxylic acids is 1. The van der Waals surface area contributed by atoms with Gasteiger partial charge in [0, 0.05) is 74.7 Å². The van der Waals surface area contributed by atoms with Gasteiger partial charge in [-0.3, -0.25) is 14.7 Å². The molecule has 10 heteroatoms. The van der Waals surface area contributed by atoms with E-state index < -0.39 is 0 Å². The molecule has 0 saturated carbocycles. The van der Waals surface area contributed by atoms with Crippen LogP contribution in [0.2, 0.25) is 0 Å². The van der Waals surface area contributed by atoms with E-state index in [9.17, 15) is 9.90 Å². The van der Waals surface area contributed by atoms with Crippen LogP contribution in [0.25, 0.3) is 22.3 Å². The van der Waals surface area contributed by atoms with Gasteiger partial charge in [0.15, 0.2) is 0 Å². The monoisotopic (exact) mass is 525 g/mol. The molecule has 39 heavy (non-hydrogen) atoms. The second kappa shape index (κ2) is 9.71. The maximum atomic E-state index is 13.0. The third kappa shape index (κ3) is 4.34. The average molecular weight is 526 g/mol. The third-order valence-electron chi connectivity index (χ3n) is 8.12. The predicted molar refractivity (Wildman–Crippen MR) is 147 cm³/mol. The van der Waals surface area contributed by atoms with Gasteiger partial charge in [0.05, 0.1) is 41.5 Å². The van der Waals surface area contributed by atoms with E-state index in [2.05, 4.69) is 26.6 Å². The number of likely N-dealkylation sites (tertiary alicyclic amines) is 1. The highest BCUT2D eigenvalue weighted by Crippen LogP contribution is 2.36. The second-order valence-corrected chi connectivity index (χ2v) is 10.7. The van der Waals surface area contributed by atoms with Gasteiger partial charge in [-0.2, -0.15) is 0 Å². The number of fused-ring (bicyclic) bond motifs is 2. The molecule has 3 aliphatic rings. The van der Waals surface area contributed by atoms with Crippen molar-refractivity contribution in [1.82, 2.24) is 29.7 Å². The number of pyridine rings is 3. The van der Waals surface area contributed by atoms with Crippen molar-refractivity contribution in [3.63, 3.8) is 0 Å². The Bertz CT molecular complexity index is 1580. The summed E-state index contributed by atoms with van der Waals surface area (Å²) in [4.78, 5) is 29.6. The molecule has 0 radical (unpaired) electrons. The van der Waals surface area contributed by atoms with Crippen molar-refractivity contribution in [2.24, 2.45) is 7.05 Å². The molecule has 0 aliphatic carbocycles. The maximum absolute atomic E-state index is 13.0. The molecule has 0 aromatic carbocycles. The number of ether oxygens (including phenoxy) is 1. The first-order valence-electron chi connectivity index (χ1n) is 13.5. The molecule has 7 rings (SSSR count). The van der Waals surface area contributed by atoms with Crippen LogP contribution < -0.4 is 10.6 Å². The zero-order chi connectivity index (χ0) is 26.5. The van der Waals surface area contributed by atoms with Gasteiger partial charge in [-0.15, -0.1) is 0 Å². The van der Waals surface area contributed by atoms with E-state index in [-0.39, 0.29) is 12.0 Å². The minimum absolute atomic E-state index is 0.125. The van der Waals surface area contributed by atoms with Crippen molar-refractivity contribution in [1.29, 1.82) is 0 Å². The van der Waals surface area contributed by atoms with Gasteiger partial charge in [0.25, 0.3) is 5.91 Å². The minimum atomic E-state index is -0.284. The molecule has 2 atom stereocenters. The van der Waals surface area contributed by atoms with Crippen molar-refractivity contribution in [2.75, 3.05) is 31.6 Å². The number of aryl methyl sites for hydroxylation is 1. The van der Waals surface area contributed by atoms with E-state index in [4.69, 9.17) is 14.7 Å². The number of rotatable bonds is 6. The lowest BCUT2D eigenvalue weighted by molar-refractivity contribution is 0.0966. The first-order chi connectivity index (χ1) is 19.0. The highest BCUT2D eigenvalue weighted by atomic mass is 16.5. The zero-order valence-electron chi connectivity index (χ0n) is 21.9. The van der Waals surface area contributed by atoms with Gasteiger partial charge >= 0.3 is 0 Å². The smallest absolute Gasteiger partial charge is 0.254 e. The summed E-state index contributed by atoms with van der Waals surface area (Å²) in [5.74, 6) is 0.860. The van der Waals surface area contributed by atoms with Crippen LogP contribution in [0.3, 0.4) is 0 Å². The number of aromatic nitrogens is 4. The first-order valence-corrected chi connectivity index (χ1v) is 13.5. The summed E-state index contributed by atoms with van der Waals surface area (Å²) in [6.45, 7) is 4.06. The Morgan fingerprint density at radius 2 is 2.13 bits per heavy atom. The maximum Gasteiger partial charge on any atom is 0.254 e. The SMILES string of the molecule is Cn1ccc2c(-c3ncc(Nc4ccc([C@H]5CCOC5)c(CN5CC[C@@H](O)C5)n4)c4c3CNC4=O)ccnc21. The summed E-state index contributed by atoms with van der Waals surface area (Å²) in [5.41, 5.74) is 6.89. The quantitative estimate of drug-likeness (QED) is 0.352. The van der Waals surface area contributed by atoms with Crippen molar-refractivity contribution < 1.29 is 14.6 Å². The second-order valence-electron chi connectivity index (χ2n) is 10.7. The molecule has 7 heterocycles. The Morgan fingerprint density at radius 3 is 2.95 bits per heavy atom. The largest absolute Gasteiger partial charge is 0.392 e. The Morgan fingerprint density at radius 1 is 1.21 bits per heavy atom. The number of hydrogen-bond donors (Lipinski definition) is 3. The van der Waals surface area contributed by atoms with Crippen LogP contribution in [0.15, 0.2) is 42.9 Å². The molecule has 10 nitrogen and oxygen atoms in total. The molecule has 0 unspecified atom stereocenters. The van der Waals surface area contributed by atoms with Gasteiger partial charge in [-0.25, -0.2) is 9.97 Å². The van der Waals surface area contributed by atoms with Gasteiger partial charge in [0.2, 0.25) is 0 Å². The van der Waals surface area contributed by atoms with E-state index in [0.717, 1.165) is 59.5 Å². The summed E-state index contributed by atoms with van der Waals surface area (Å²) in [7, 11) is 1.97. The summed E-state index contributed by atoms with van der Waals surface area (Å²) >= 11 is 0. The lowest BCUT2D eigenvalue weighted by atomic mass is 9.96. The van der Waals surface area contributed by atoms with E-state index in [0.29, 0.717) is 49.2 Å². The van der Waals surface area contributed by atoms with E-state index >= 15 is 0 Å². The fourth-order valence-corrected chi connectivity index (χ4v) is 6.10. The molecule has 0 spiro atoms.